The summed E-state index contributed by atoms with van der Waals surface area (Å²) in [6.07, 6.45) is 0. The summed E-state index contributed by atoms with van der Waals surface area (Å²) in [4.78, 5) is 0. The second-order valence-corrected chi connectivity index (χ2v) is 0.408. The zero-order valence-corrected chi connectivity index (χ0v) is 3.09. The number of thiocarbonyl (C=S) groups is 1. The number of hydrogen-bond acceptors (Lipinski definition) is 2. The SMILES string of the molecule is NC=S.[2NH3]. The molecule has 0 heterocycles. The van der Waals surface area contributed by atoms with Gasteiger partial charge in [-0.25, -0.2) is 0 Å². The van der Waals surface area contributed by atoms with Gasteiger partial charge in [-0.15, -0.1) is 0 Å². The molecule has 3 heteroatoms. The highest BCUT2D eigenvalue weighted by molar-refractivity contribution is 7.78. The Kier molecular flexibility index (Phi) is 30.8. The number of hydrogen-bond donors (Lipinski definition) is 2. The second kappa shape index (κ2) is 13.5. The fourth-order valence-electron chi connectivity index (χ4n) is 0. The van der Waals surface area contributed by atoms with Crippen molar-refractivity contribution in [2.45, 2.75) is 0 Å². The average Bonchev–Trinajstić information content (AvgIpc) is 0.918. The van der Waals surface area contributed by atoms with Crippen LogP contribution in [-0.2, 0) is 0 Å². The molecule has 5 N–H and O–H groups in total. The molecule has 0 rings (SSSR count). The Morgan fingerprint density at radius 2 is 1.75 bits per heavy atom. The predicted octanol–water partition coefficient (Wildman–Crippen LogP) is 0.0643. The van der Waals surface area contributed by atoms with E-state index in [2.05, 4.69) is 18.0 Å². The maximum absolute atomic E-state index is 4.54. The third-order valence-corrected chi connectivity index (χ3v) is 0. The summed E-state index contributed by atoms with van der Waals surface area (Å²) in [6.45, 7) is 0. The molecule has 0 aromatic rings. The molecular weight excluding hydrogens is 60.1 g/mol. The van der Waals surface area contributed by atoms with Crippen molar-refractivity contribution in [2.24, 2.45) is 5.73 Å². The highest BCUT2D eigenvalue weighted by Gasteiger charge is 1.13. The van der Waals surface area contributed by atoms with Gasteiger partial charge in [0.1, 0.15) is 0 Å². The van der Waals surface area contributed by atoms with Crippen LogP contribution in [0.4, 0.5) is 0 Å². The number of nitrogens with two attached hydrogens (primary N) is 1. The molecule has 0 fully saturated rings. The molecule has 0 atom stereocenters. The van der Waals surface area contributed by atoms with Crippen molar-refractivity contribution in [1.82, 2.24) is 6.15 Å². The van der Waals surface area contributed by atoms with E-state index in [1.54, 1.807) is 0 Å². The standard InChI is InChI=1S/CH3NS.H3N/c2-1-3;/h1H,(H2,2,3);1H3/i;1-12. The van der Waals surface area contributed by atoms with Crippen LogP contribution in [0.25, 0.3) is 0 Å². The van der Waals surface area contributed by atoms with Crippen LogP contribution >= 0.6 is 12.2 Å². The smallest absolute Gasteiger partial charge is 0.0588 e. The third kappa shape index (κ3) is 59.4. The summed E-state index contributed by atoms with van der Waals surface area (Å²) < 4.78 is 0. The van der Waals surface area contributed by atoms with E-state index >= 15 is 0 Å². The Balaban J connectivity index is 0. The lowest BCUT2D eigenvalue weighted by atomic mass is 2.00. The summed E-state index contributed by atoms with van der Waals surface area (Å²) in [5.74, 6) is 0. The van der Waals surface area contributed by atoms with E-state index < -0.39 is 0 Å². The van der Waals surface area contributed by atoms with Crippen LogP contribution in [0, 0.1) is 0 Å². The fourth-order valence-corrected chi connectivity index (χ4v) is 0. The van der Waals surface area contributed by atoms with Crippen molar-refractivity contribution in [3.63, 3.8) is 0 Å². The van der Waals surface area contributed by atoms with E-state index in [0.29, 0.717) is 0 Å². The molecule has 4 heavy (non-hydrogen) atoms. The lowest BCUT2D eigenvalue weighted by molar-refractivity contribution is 1.93. The minimum atomic E-state index is 0. The van der Waals surface area contributed by atoms with Crippen LogP contribution in [0.3, 0.4) is 0 Å². The van der Waals surface area contributed by atoms with Gasteiger partial charge in [0.15, 0.2) is 0 Å². The summed E-state index contributed by atoms with van der Waals surface area (Å²) in [7, 11) is 0. The Hall–Kier alpha value is -0.150. The van der Waals surface area contributed by atoms with Crippen LogP contribution < -0.4 is 11.9 Å². The van der Waals surface area contributed by atoms with Crippen LogP contribution in [-0.4, -0.2) is 5.49 Å². The van der Waals surface area contributed by atoms with Crippen molar-refractivity contribution in [3.05, 3.63) is 0 Å². The second-order valence-electron chi connectivity index (χ2n) is 0.136. The topological polar surface area (TPSA) is 61.0 Å². The largest absolute Gasteiger partial charge is 0.396 e. The summed E-state index contributed by atoms with van der Waals surface area (Å²) in [5.41, 5.74) is 5.62. The minimum absolute atomic E-state index is 0. The molecule has 0 spiro atoms. The van der Waals surface area contributed by atoms with Gasteiger partial charge < -0.3 is 11.9 Å². The first-order valence-corrected chi connectivity index (χ1v) is 1.04. The zero-order chi connectivity index (χ0) is 2.71. The molecule has 0 unspecified atom stereocenters. The Labute approximate surface area is 30.6 Å². The molecule has 0 aromatic carbocycles. The van der Waals surface area contributed by atoms with Crippen molar-refractivity contribution < 1.29 is 0 Å². The highest BCUT2D eigenvalue weighted by Crippen LogP contribution is 1.16. The van der Waals surface area contributed by atoms with Crippen molar-refractivity contribution in [1.29, 1.82) is 0 Å². The summed E-state index contributed by atoms with van der Waals surface area (Å²) in [6, 6.07) is 0. The van der Waals surface area contributed by atoms with Gasteiger partial charge >= 0.3 is 0 Å². The fraction of sp³-hybridized carbons (Fsp3) is 0. The van der Waals surface area contributed by atoms with Crippen LogP contribution in [0.15, 0.2) is 0 Å². The average molecular weight is 66.1 g/mol. The Morgan fingerprint density at radius 3 is 1.75 bits per heavy atom. The molecule has 0 saturated carbocycles. The first-order valence-electron chi connectivity index (χ1n) is 0.569. The molecule has 0 radical (unpaired) electrons. The van der Waals surface area contributed by atoms with E-state index in [0.717, 1.165) is 5.49 Å². The molecule has 0 aliphatic rings. The summed E-state index contributed by atoms with van der Waals surface area (Å²) >= 11 is 4.05. The lowest BCUT2D eigenvalue weighted by Crippen LogP contribution is -1.79. The van der Waals surface area contributed by atoms with E-state index in [4.69, 9.17) is 0 Å². The van der Waals surface area contributed by atoms with Crippen LogP contribution in [0.1, 0.15) is 0 Å². The van der Waals surface area contributed by atoms with E-state index in [1.165, 1.54) is 0 Å². The quantitative estimate of drug-likeness (QED) is 0.393. The zero-order valence-electron chi connectivity index (χ0n) is 2.27. The highest BCUT2D eigenvalue weighted by atomic mass is 32.1. The Morgan fingerprint density at radius 1 is 1.75 bits per heavy atom. The molecule has 0 aliphatic heterocycles. The minimum Gasteiger partial charge on any atom is -0.396 e. The van der Waals surface area contributed by atoms with Crippen LogP contribution in [0.2, 0.25) is 0 Å². The maximum Gasteiger partial charge on any atom is 0.0588 e. The Bertz CT molecular complexity index is 13.5. The van der Waals surface area contributed by atoms with Gasteiger partial charge in [-0.2, -0.15) is 0 Å². The molecule has 0 bridgehead atoms. The predicted molar refractivity (Wildman–Crippen MR) is 22.9 cm³/mol. The first-order chi connectivity index (χ1) is 1.41. The van der Waals surface area contributed by atoms with Gasteiger partial charge in [0.05, 0.1) is 5.49 Å². The van der Waals surface area contributed by atoms with E-state index in [-0.39, 0.29) is 6.15 Å². The van der Waals surface area contributed by atoms with Gasteiger partial charge in [0, 0.05) is 0 Å². The molecule has 0 amide bonds. The molecule has 0 aliphatic carbocycles. The molecule has 2 nitrogen and oxygen atoms in total. The van der Waals surface area contributed by atoms with Crippen LogP contribution in [0.5, 0.6) is 0 Å². The van der Waals surface area contributed by atoms with Crippen molar-refractivity contribution in [3.8, 4) is 0 Å². The van der Waals surface area contributed by atoms with E-state index in [9.17, 15) is 0 Å². The molecule has 0 aromatic heterocycles. The number of rotatable bonds is 0. The monoisotopic (exact) mass is 66.0 g/mol. The van der Waals surface area contributed by atoms with Gasteiger partial charge in [-0.05, 0) is 0 Å². The van der Waals surface area contributed by atoms with E-state index in [1.807, 2.05) is 0 Å². The summed E-state index contributed by atoms with van der Waals surface area (Å²) in [5, 5.41) is 0. The normalized spacial score (nSPS) is 3.00. The van der Waals surface area contributed by atoms with Gasteiger partial charge in [0.2, 0.25) is 0 Å². The van der Waals surface area contributed by atoms with Crippen molar-refractivity contribution >= 4 is 17.7 Å². The van der Waals surface area contributed by atoms with Crippen molar-refractivity contribution in [2.75, 3.05) is 0 Å². The van der Waals surface area contributed by atoms with Gasteiger partial charge in [-0.3, -0.25) is 0 Å². The third-order valence-electron chi connectivity index (χ3n) is 0. The lowest BCUT2D eigenvalue weighted by Gasteiger charge is -1.36. The maximum atomic E-state index is 4.54. The molecule has 26 valence electrons. The molecule has 0 saturated heterocycles. The van der Waals surface area contributed by atoms with Gasteiger partial charge in [-0.1, -0.05) is 12.2 Å². The van der Waals surface area contributed by atoms with Gasteiger partial charge in [0.25, 0.3) is 0 Å². The first kappa shape index (κ1) is 9.14. The molecular formula is CH6N2S.